The quantitative estimate of drug-likeness (QED) is 0.718. The molecule has 0 aromatic heterocycles. The Balaban J connectivity index is 1.86. The van der Waals surface area contributed by atoms with Gasteiger partial charge in [0.05, 0.1) is 13.2 Å². The minimum atomic E-state index is -0.250. The molecule has 1 aliphatic heterocycles. The number of methoxy groups -OCH3 is 1. The summed E-state index contributed by atoms with van der Waals surface area (Å²) in [5.74, 6) is 0.453. The summed E-state index contributed by atoms with van der Waals surface area (Å²) in [5.41, 5.74) is 1.02. The lowest BCUT2D eigenvalue weighted by atomic mass is 9.93. The molecule has 1 atom stereocenters. The van der Waals surface area contributed by atoms with Crippen LogP contribution in [0.15, 0.2) is 30.3 Å². The highest BCUT2D eigenvalue weighted by atomic mass is 16.5. The van der Waals surface area contributed by atoms with Crippen molar-refractivity contribution in [2.75, 3.05) is 20.2 Å². The first-order chi connectivity index (χ1) is 11.7. The van der Waals surface area contributed by atoms with Crippen LogP contribution in [-0.2, 0) is 14.3 Å². The van der Waals surface area contributed by atoms with Gasteiger partial charge < -0.3 is 15.4 Å². The van der Waals surface area contributed by atoms with Crippen LogP contribution in [0.2, 0.25) is 0 Å². The molecule has 5 heteroatoms. The summed E-state index contributed by atoms with van der Waals surface area (Å²) in [6, 6.07) is 9.65. The minimum Gasteiger partial charge on any atom is -0.469 e. The Morgan fingerprint density at radius 2 is 1.92 bits per heavy atom. The molecule has 1 saturated heterocycles. The number of nitrogens with one attached hydrogen (secondary N) is 2. The zero-order valence-corrected chi connectivity index (χ0v) is 14.4. The monoisotopic (exact) mass is 332 g/mol. The van der Waals surface area contributed by atoms with E-state index in [2.05, 4.69) is 10.6 Å². The van der Waals surface area contributed by atoms with Crippen molar-refractivity contribution in [1.82, 2.24) is 10.6 Å². The molecule has 1 aliphatic rings. The Bertz CT molecular complexity index is 513. The molecule has 1 amide bonds. The van der Waals surface area contributed by atoms with Crippen LogP contribution < -0.4 is 10.6 Å². The van der Waals surface area contributed by atoms with Crippen LogP contribution in [0.5, 0.6) is 0 Å². The van der Waals surface area contributed by atoms with Crippen LogP contribution in [0, 0.1) is 5.92 Å². The Morgan fingerprint density at radius 3 is 2.58 bits per heavy atom. The largest absolute Gasteiger partial charge is 0.469 e. The molecule has 5 nitrogen and oxygen atoms in total. The number of hydrogen-bond donors (Lipinski definition) is 2. The predicted molar refractivity (Wildman–Crippen MR) is 93.4 cm³/mol. The van der Waals surface area contributed by atoms with Gasteiger partial charge in [0.15, 0.2) is 0 Å². The van der Waals surface area contributed by atoms with E-state index < -0.39 is 0 Å². The summed E-state index contributed by atoms with van der Waals surface area (Å²) in [4.78, 5) is 23.8. The summed E-state index contributed by atoms with van der Waals surface area (Å²) in [7, 11) is 1.39. The molecule has 1 unspecified atom stereocenters. The third kappa shape index (κ3) is 6.32. The average molecular weight is 332 g/mol. The summed E-state index contributed by atoms with van der Waals surface area (Å²) < 4.78 is 4.71. The van der Waals surface area contributed by atoms with Gasteiger partial charge in [0.2, 0.25) is 5.91 Å². The number of ether oxygens (including phenoxy) is 1. The molecule has 2 rings (SSSR count). The van der Waals surface area contributed by atoms with E-state index in [1.165, 1.54) is 7.11 Å². The number of carbonyl (C=O) groups is 2. The number of esters is 1. The van der Waals surface area contributed by atoms with Gasteiger partial charge in [-0.2, -0.15) is 0 Å². The van der Waals surface area contributed by atoms with Crippen molar-refractivity contribution in [3.05, 3.63) is 35.9 Å². The summed E-state index contributed by atoms with van der Waals surface area (Å²) in [6.45, 7) is 2.11. The second-order valence-electron chi connectivity index (χ2n) is 6.38. The van der Waals surface area contributed by atoms with E-state index in [4.69, 9.17) is 4.74 Å². The third-order valence-corrected chi connectivity index (χ3v) is 4.64. The number of benzene rings is 1. The van der Waals surface area contributed by atoms with Gasteiger partial charge >= 0.3 is 5.97 Å². The molecular formula is C19H28N2O3. The van der Waals surface area contributed by atoms with E-state index in [1.54, 1.807) is 0 Å². The second-order valence-corrected chi connectivity index (χ2v) is 6.38. The second kappa shape index (κ2) is 10.1. The highest BCUT2D eigenvalue weighted by Gasteiger charge is 2.18. The van der Waals surface area contributed by atoms with Crippen molar-refractivity contribution in [3.8, 4) is 0 Å². The first kappa shape index (κ1) is 18.5. The molecule has 0 bridgehead atoms. The Hall–Kier alpha value is -1.88. The van der Waals surface area contributed by atoms with Crippen molar-refractivity contribution in [2.24, 2.45) is 5.92 Å². The maximum absolute atomic E-state index is 12.3. The average Bonchev–Trinajstić information content (AvgIpc) is 2.64. The normalized spacial score (nSPS) is 16.4. The first-order valence-corrected chi connectivity index (χ1v) is 8.81. The van der Waals surface area contributed by atoms with Gasteiger partial charge in [-0.05, 0) is 50.3 Å². The van der Waals surface area contributed by atoms with E-state index in [9.17, 15) is 9.59 Å². The highest BCUT2D eigenvalue weighted by molar-refractivity contribution is 5.76. The van der Waals surface area contributed by atoms with E-state index in [-0.39, 0.29) is 17.9 Å². The predicted octanol–water partition coefficient (Wildman–Crippen LogP) is 2.58. The molecule has 132 valence electrons. The molecule has 0 radical (unpaired) electrons. The molecule has 1 heterocycles. The standard InChI is InChI=1S/C19H28N2O3/c1-24-19(23)10-8-17(16-5-3-2-4-6-16)21-18(22)9-7-15-11-13-20-14-12-15/h2-6,15,17,20H,7-14H2,1H3,(H,21,22). The Kier molecular flexibility index (Phi) is 7.75. The lowest BCUT2D eigenvalue weighted by molar-refractivity contribution is -0.141. The van der Waals surface area contributed by atoms with Gasteiger partial charge in [0.25, 0.3) is 0 Å². The SMILES string of the molecule is COC(=O)CCC(NC(=O)CCC1CCNCC1)c1ccccc1. The fraction of sp³-hybridized carbons (Fsp3) is 0.579. The van der Waals surface area contributed by atoms with Gasteiger partial charge in [-0.15, -0.1) is 0 Å². The fourth-order valence-electron chi connectivity index (χ4n) is 3.14. The lowest BCUT2D eigenvalue weighted by Gasteiger charge is -2.23. The molecule has 1 fully saturated rings. The van der Waals surface area contributed by atoms with E-state index in [0.29, 0.717) is 25.2 Å². The lowest BCUT2D eigenvalue weighted by Crippen LogP contribution is -2.31. The van der Waals surface area contributed by atoms with Crippen LogP contribution in [0.25, 0.3) is 0 Å². The topological polar surface area (TPSA) is 67.4 Å². The van der Waals surface area contributed by atoms with Crippen LogP contribution in [-0.4, -0.2) is 32.1 Å². The number of carbonyl (C=O) groups excluding carboxylic acids is 2. The summed E-state index contributed by atoms with van der Waals surface area (Å²) >= 11 is 0. The van der Waals surface area contributed by atoms with Crippen molar-refractivity contribution < 1.29 is 14.3 Å². The van der Waals surface area contributed by atoms with Crippen molar-refractivity contribution >= 4 is 11.9 Å². The van der Waals surface area contributed by atoms with Crippen LogP contribution in [0.3, 0.4) is 0 Å². The summed E-state index contributed by atoms with van der Waals surface area (Å²) in [5, 5.41) is 6.43. The molecule has 0 spiro atoms. The van der Waals surface area contributed by atoms with Gasteiger partial charge in [0.1, 0.15) is 0 Å². The van der Waals surface area contributed by atoms with Gasteiger partial charge in [-0.25, -0.2) is 0 Å². The van der Waals surface area contributed by atoms with E-state index >= 15 is 0 Å². The molecule has 24 heavy (non-hydrogen) atoms. The maximum Gasteiger partial charge on any atom is 0.305 e. The highest BCUT2D eigenvalue weighted by Crippen LogP contribution is 2.21. The molecule has 0 aliphatic carbocycles. The fourth-order valence-corrected chi connectivity index (χ4v) is 3.14. The molecule has 1 aromatic carbocycles. The third-order valence-electron chi connectivity index (χ3n) is 4.64. The van der Waals surface area contributed by atoms with Gasteiger partial charge in [-0.3, -0.25) is 9.59 Å². The van der Waals surface area contributed by atoms with Crippen LogP contribution in [0.4, 0.5) is 0 Å². The minimum absolute atomic E-state index is 0.0623. The molecule has 1 aromatic rings. The Labute approximate surface area is 144 Å². The van der Waals surface area contributed by atoms with Crippen LogP contribution >= 0.6 is 0 Å². The van der Waals surface area contributed by atoms with E-state index in [0.717, 1.165) is 37.9 Å². The van der Waals surface area contributed by atoms with E-state index in [1.807, 2.05) is 30.3 Å². The number of amides is 1. The Morgan fingerprint density at radius 1 is 1.21 bits per heavy atom. The maximum atomic E-state index is 12.3. The number of hydrogen-bond acceptors (Lipinski definition) is 4. The van der Waals surface area contributed by atoms with Crippen LogP contribution in [0.1, 0.15) is 50.1 Å². The molecule has 0 saturated carbocycles. The number of rotatable bonds is 8. The van der Waals surface area contributed by atoms with Crippen molar-refractivity contribution in [1.29, 1.82) is 0 Å². The molecular weight excluding hydrogens is 304 g/mol. The zero-order valence-electron chi connectivity index (χ0n) is 14.4. The smallest absolute Gasteiger partial charge is 0.305 e. The summed E-state index contributed by atoms with van der Waals surface area (Å²) in [6.07, 6.45) is 4.63. The zero-order chi connectivity index (χ0) is 17.2. The van der Waals surface area contributed by atoms with Crippen molar-refractivity contribution in [2.45, 2.75) is 44.6 Å². The first-order valence-electron chi connectivity index (χ1n) is 8.81. The number of piperidine rings is 1. The van der Waals surface area contributed by atoms with Crippen molar-refractivity contribution in [3.63, 3.8) is 0 Å². The molecule has 2 N–H and O–H groups in total. The van der Waals surface area contributed by atoms with Gasteiger partial charge in [0, 0.05) is 12.8 Å². The van der Waals surface area contributed by atoms with Gasteiger partial charge in [-0.1, -0.05) is 30.3 Å².